The van der Waals surface area contributed by atoms with Crippen LogP contribution < -0.4 is 5.32 Å². The molecule has 0 spiro atoms. The van der Waals surface area contributed by atoms with E-state index in [1.165, 1.54) is 17.4 Å². The Morgan fingerprint density at radius 2 is 2.29 bits per heavy atom. The molecule has 1 amide bonds. The number of likely N-dealkylation sites (tertiary alicyclic amines) is 1. The summed E-state index contributed by atoms with van der Waals surface area (Å²) in [6, 6.07) is 6.27. The van der Waals surface area contributed by atoms with Crippen molar-refractivity contribution in [3.05, 3.63) is 35.5 Å². The molecule has 5 heteroatoms. The van der Waals surface area contributed by atoms with Crippen molar-refractivity contribution >= 4 is 29.2 Å². The first-order valence-corrected chi connectivity index (χ1v) is 7.16. The molecule has 0 bridgehead atoms. The minimum Gasteiger partial charge on any atom is -0.361 e. The number of nitrogens with zero attached hydrogens (tertiary/aromatic N) is 1. The summed E-state index contributed by atoms with van der Waals surface area (Å²) in [7, 11) is 3.85. The lowest BCUT2D eigenvalue weighted by molar-refractivity contribution is -0.119. The van der Waals surface area contributed by atoms with E-state index in [9.17, 15) is 4.79 Å². The zero-order valence-corrected chi connectivity index (χ0v) is 13.3. The zero-order valence-electron chi connectivity index (χ0n) is 12.5. The van der Waals surface area contributed by atoms with Crippen LogP contribution in [0.1, 0.15) is 23.5 Å². The molecule has 2 heterocycles. The van der Waals surface area contributed by atoms with Crippen molar-refractivity contribution in [2.24, 2.45) is 0 Å². The summed E-state index contributed by atoms with van der Waals surface area (Å²) < 4.78 is 0. The van der Waals surface area contributed by atoms with Gasteiger partial charge in [0.25, 0.3) is 0 Å². The molecule has 2 aromatic rings. The van der Waals surface area contributed by atoms with Gasteiger partial charge < -0.3 is 15.2 Å². The maximum absolute atomic E-state index is 11.5. The molecule has 0 radical (unpaired) electrons. The minimum atomic E-state index is 0. The van der Waals surface area contributed by atoms with Gasteiger partial charge in [0.05, 0.1) is 6.42 Å². The van der Waals surface area contributed by atoms with Gasteiger partial charge in [-0.15, -0.1) is 12.4 Å². The van der Waals surface area contributed by atoms with E-state index in [2.05, 4.69) is 40.6 Å². The van der Waals surface area contributed by atoms with Crippen LogP contribution in [0.2, 0.25) is 0 Å². The maximum Gasteiger partial charge on any atom is 0.224 e. The second kappa shape index (κ2) is 6.50. The molecule has 1 fully saturated rings. The van der Waals surface area contributed by atoms with E-state index in [0.29, 0.717) is 12.3 Å². The van der Waals surface area contributed by atoms with Crippen molar-refractivity contribution in [1.29, 1.82) is 0 Å². The number of fused-ring (bicyclic) bond motifs is 1. The predicted octanol–water partition coefficient (Wildman–Crippen LogP) is 2.30. The fourth-order valence-corrected chi connectivity index (χ4v) is 3.10. The van der Waals surface area contributed by atoms with Gasteiger partial charge in [-0.2, -0.15) is 0 Å². The first-order chi connectivity index (χ1) is 9.67. The Balaban J connectivity index is 0.00000161. The fraction of sp³-hybridized carbons (Fsp3) is 0.438. The summed E-state index contributed by atoms with van der Waals surface area (Å²) in [5.41, 5.74) is 3.63. The Kier molecular flexibility index (Phi) is 4.91. The van der Waals surface area contributed by atoms with Crippen LogP contribution in [0, 0.1) is 0 Å². The molecule has 1 aliphatic rings. The normalized spacial score (nSPS) is 18.7. The molecule has 1 unspecified atom stereocenters. The van der Waals surface area contributed by atoms with Gasteiger partial charge in [-0.05, 0) is 49.2 Å². The van der Waals surface area contributed by atoms with Crippen LogP contribution in [0.4, 0.5) is 0 Å². The Labute approximate surface area is 131 Å². The molecule has 1 aliphatic heterocycles. The molecular weight excluding hydrogens is 286 g/mol. The highest BCUT2D eigenvalue weighted by Gasteiger charge is 2.23. The van der Waals surface area contributed by atoms with E-state index in [1.54, 1.807) is 7.05 Å². The Hall–Kier alpha value is -1.52. The third-order valence-electron chi connectivity index (χ3n) is 4.25. The zero-order chi connectivity index (χ0) is 14.1. The van der Waals surface area contributed by atoms with Crippen molar-refractivity contribution in [1.82, 2.24) is 15.2 Å². The van der Waals surface area contributed by atoms with Gasteiger partial charge >= 0.3 is 0 Å². The van der Waals surface area contributed by atoms with Crippen LogP contribution in [0.15, 0.2) is 24.4 Å². The van der Waals surface area contributed by atoms with Crippen LogP contribution in [-0.2, 0) is 11.2 Å². The van der Waals surface area contributed by atoms with Crippen molar-refractivity contribution in [2.45, 2.75) is 18.8 Å². The lowest BCUT2D eigenvalue weighted by Crippen LogP contribution is -2.19. The van der Waals surface area contributed by atoms with Crippen molar-refractivity contribution in [2.75, 3.05) is 27.2 Å². The van der Waals surface area contributed by atoms with E-state index in [0.717, 1.165) is 24.2 Å². The Morgan fingerprint density at radius 3 is 2.95 bits per heavy atom. The van der Waals surface area contributed by atoms with E-state index in [1.807, 2.05) is 6.07 Å². The van der Waals surface area contributed by atoms with Gasteiger partial charge in [-0.25, -0.2) is 0 Å². The van der Waals surface area contributed by atoms with Gasteiger partial charge in [-0.1, -0.05) is 6.07 Å². The van der Waals surface area contributed by atoms with Crippen LogP contribution >= 0.6 is 12.4 Å². The number of aromatic amines is 1. The highest BCUT2D eigenvalue weighted by Crippen LogP contribution is 2.32. The number of carbonyl (C=O) groups excluding carboxylic acids is 1. The third-order valence-corrected chi connectivity index (χ3v) is 4.25. The number of hydrogen-bond donors (Lipinski definition) is 2. The van der Waals surface area contributed by atoms with Crippen LogP contribution in [0.25, 0.3) is 10.9 Å². The molecule has 4 nitrogen and oxygen atoms in total. The number of halogens is 1. The number of benzene rings is 1. The number of amides is 1. The van der Waals surface area contributed by atoms with E-state index in [-0.39, 0.29) is 18.3 Å². The summed E-state index contributed by atoms with van der Waals surface area (Å²) in [6.07, 6.45) is 3.79. The second-order valence-electron chi connectivity index (χ2n) is 5.72. The van der Waals surface area contributed by atoms with Gasteiger partial charge in [-0.3, -0.25) is 4.79 Å². The number of aromatic nitrogens is 1. The smallest absolute Gasteiger partial charge is 0.224 e. The summed E-state index contributed by atoms with van der Waals surface area (Å²) in [5, 5.41) is 3.95. The molecule has 2 N–H and O–H groups in total. The summed E-state index contributed by atoms with van der Waals surface area (Å²) >= 11 is 0. The number of hydrogen-bond acceptors (Lipinski definition) is 2. The molecule has 1 atom stereocenters. The van der Waals surface area contributed by atoms with Crippen LogP contribution in [0.5, 0.6) is 0 Å². The second-order valence-corrected chi connectivity index (χ2v) is 5.72. The fourth-order valence-electron chi connectivity index (χ4n) is 3.10. The monoisotopic (exact) mass is 307 g/mol. The van der Waals surface area contributed by atoms with Crippen molar-refractivity contribution in [3.63, 3.8) is 0 Å². The Bertz CT molecular complexity index is 637. The largest absolute Gasteiger partial charge is 0.361 e. The predicted molar refractivity (Wildman–Crippen MR) is 88.2 cm³/mol. The van der Waals surface area contributed by atoms with Crippen LogP contribution in [-0.4, -0.2) is 43.0 Å². The summed E-state index contributed by atoms with van der Waals surface area (Å²) in [5.74, 6) is 0.658. The highest BCUT2D eigenvalue weighted by atomic mass is 35.5. The van der Waals surface area contributed by atoms with Crippen LogP contribution in [0.3, 0.4) is 0 Å². The van der Waals surface area contributed by atoms with Gasteiger partial charge in [0, 0.05) is 30.7 Å². The molecule has 1 aromatic carbocycles. The number of nitrogens with one attached hydrogen (secondary N) is 2. The number of rotatable bonds is 3. The quantitative estimate of drug-likeness (QED) is 0.914. The molecule has 1 aromatic heterocycles. The third kappa shape index (κ3) is 3.22. The number of H-pyrrole nitrogens is 1. The number of likely N-dealkylation sites (N-methyl/N-ethyl adjacent to an activating group) is 2. The molecule has 114 valence electrons. The van der Waals surface area contributed by atoms with Crippen molar-refractivity contribution < 1.29 is 4.79 Å². The highest BCUT2D eigenvalue weighted by molar-refractivity contribution is 5.86. The first-order valence-electron chi connectivity index (χ1n) is 7.16. The van der Waals surface area contributed by atoms with E-state index in [4.69, 9.17) is 0 Å². The summed E-state index contributed by atoms with van der Waals surface area (Å²) in [4.78, 5) is 17.2. The molecule has 1 saturated heterocycles. The average molecular weight is 308 g/mol. The van der Waals surface area contributed by atoms with Gasteiger partial charge in [0.2, 0.25) is 5.91 Å². The van der Waals surface area contributed by atoms with Crippen molar-refractivity contribution in [3.8, 4) is 0 Å². The molecule has 21 heavy (non-hydrogen) atoms. The molecule has 0 saturated carbocycles. The van der Waals surface area contributed by atoms with Gasteiger partial charge in [0.15, 0.2) is 0 Å². The SMILES string of the molecule is CNC(=O)Cc1ccc2[nH]cc(C3CCN(C)C3)c2c1.Cl. The van der Waals surface area contributed by atoms with E-state index < -0.39 is 0 Å². The molecule has 3 rings (SSSR count). The maximum atomic E-state index is 11.5. The lowest BCUT2D eigenvalue weighted by Gasteiger charge is -2.10. The summed E-state index contributed by atoms with van der Waals surface area (Å²) in [6.45, 7) is 2.28. The minimum absolute atomic E-state index is 0. The lowest BCUT2D eigenvalue weighted by atomic mass is 9.96. The topological polar surface area (TPSA) is 48.1 Å². The molecular formula is C16H22ClN3O. The van der Waals surface area contributed by atoms with Gasteiger partial charge in [0.1, 0.15) is 0 Å². The number of carbonyl (C=O) groups is 1. The molecule has 0 aliphatic carbocycles. The van der Waals surface area contributed by atoms with E-state index >= 15 is 0 Å². The first kappa shape index (κ1) is 15.9. The average Bonchev–Trinajstić information content (AvgIpc) is 3.04. The Morgan fingerprint density at radius 1 is 1.48 bits per heavy atom. The standard InChI is InChI=1S/C16H21N3O.ClH/c1-17-16(20)8-11-3-4-15-13(7-11)14(9-18-15)12-5-6-19(2)10-12;/h3-4,7,9,12,18H,5-6,8,10H2,1-2H3,(H,17,20);1H.